The number of nitrogens with one attached hydrogen (secondary N) is 2. The minimum atomic E-state index is -0.146. The molecule has 6 heteroatoms. The van der Waals surface area contributed by atoms with Gasteiger partial charge in [0, 0.05) is 24.1 Å². The summed E-state index contributed by atoms with van der Waals surface area (Å²) in [7, 11) is 1.61. The highest BCUT2D eigenvalue weighted by Crippen LogP contribution is 2.26. The molecular weight excluding hydrogens is 346 g/mol. The molecule has 1 aromatic carbocycles. The first-order valence-corrected chi connectivity index (χ1v) is 9.21. The van der Waals surface area contributed by atoms with Crippen LogP contribution in [0.25, 0.3) is 5.00 Å². The zero-order valence-corrected chi connectivity index (χ0v) is 15.8. The summed E-state index contributed by atoms with van der Waals surface area (Å²) in [6.45, 7) is 4.05. The molecule has 2 aromatic heterocycles. The molecule has 2 heterocycles. The van der Waals surface area contributed by atoms with E-state index in [1.165, 1.54) is 0 Å². The van der Waals surface area contributed by atoms with Gasteiger partial charge in [-0.2, -0.15) is 0 Å². The van der Waals surface area contributed by atoms with Crippen molar-refractivity contribution in [3.8, 4) is 5.00 Å². The van der Waals surface area contributed by atoms with Crippen LogP contribution in [0.5, 0.6) is 0 Å². The number of hydrogen-bond donors (Lipinski definition) is 2. The van der Waals surface area contributed by atoms with Gasteiger partial charge in [0.25, 0.3) is 5.91 Å². The molecule has 2 N–H and O–H groups in total. The molecule has 0 saturated carbocycles. The summed E-state index contributed by atoms with van der Waals surface area (Å²) in [5.74, 6) is -0.185. The lowest BCUT2D eigenvalue weighted by Crippen LogP contribution is -2.19. The first kappa shape index (κ1) is 17.9. The lowest BCUT2D eigenvalue weighted by atomic mass is 10.1. The van der Waals surface area contributed by atoms with Crippen LogP contribution in [0.4, 0.5) is 5.69 Å². The Kier molecular flexibility index (Phi) is 5.23. The van der Waals surface area contributed by atoms with Crippen LogP contribution in [0, 0.1) is 13.8 Å². The number of anilines is 1. The van der Waals surface area contributed by atoms with Crippen LogP contribution in [-0.4, -0.2) is 23.4 Å². The van der Waals surface area contributed by atoms with E-state index in [9.17, 15) is 9.59 Å². The molecule has 3 aromatic rings. The second-order valence-electron chi connectivity index (χ2n) is 6.09. The molecule has 3 rings (SSSR count). The van der Waals surface area contributed by atoms with Crippen molar-refractivity contribution in [2.45, 2.75) is 20.3 Å². The topological polar surface area (TPSA) is 63.1 Å². The number of likely N-dealkylation sites (N-methyl/N-ethyl adjacent to an activating group) is 1. The van der Waals surface area contributed by atoms with Crippen LogP contribution in [0.2, 0.25) is 0 Å². The van der Waals surface area contributed by atoms with Crippen LogP contribution in [0.1, 0.15) is 27.3 Å². The molecule has 0 atom stereocenters. The van der Waals surface area contributed by atoms with Crippen LogP contribution in [0.15, 0.2) is 47.8 Å². The van der Waals surface area contributed by atoms with Gasteiger partial charge in [-0.3, -0.25) is 9.59 Å². The van der Waals surface area contributed by atoms with Gasteiger partial charge < -0.3 is 15.2 Å². The molecule has 2 amide bonds. The van der Waals surface area contributed by atoms with Crippen molar-refractivity contribution in [3.63, 3.8) is 0 Å². The van der Waals surface area contributed by atoms with Crippen LogP contribution < -0.4 is 10.6 Å². The summed E-state index contributed by atoms with van der Waals surface area (Å²) in [5.41, 5.74) is 4.44. The molecule has 0 aliphatic carbocycles. The molecule has 0 spiro atoms. The average molecular weight is 367 g/mol. The number of rotatable bonds is 5. The zero-order chi connectivity index (χ0) is 18.7. The number of amides is 2. The van der Waals surface area contributed by atoms with E-state index in [1.54, 1.807) is 18.4 Å². The van der Waals surface area contributed by atoms with Crippen molar-refractivity contribution in [1.82, 2.24) is 9.88 Å². The monoisotopic (exact) mass is 367 g/mol. The fraction of sp³-hybridized carbons (Fsp3) is 0.200. The number of thiophene rings is 1. The highest BCUT2D eigenvalue weighted by Gasteiger charge is 2.17. The van der Waals surface area contributed by atoms with E-state index < -0.39 is 0 Å². The SMILES string of the molecule is CNC(=O)Cc1ccc(NC(=O)c2ccsc2-n2c(C)ccc2C)cc1. The summed E-state index contributed by atoms with van der Waals surface area (Å²) in [6, 6.07) is 13.2. The molecule has 0 saturated heterocycles. The van der Waals surface area contributed by atoms with Gasteiger partial charge in [0.1, 0.15) is 5.00 Å². The Balaban J connectivity index is 1.78. The molecule has 134 valence electrons. The maximum Gasteiger partial charge on any atom is 0.258 e. The molecule has 0 radical (unpaired) electrons. The minimum Gasteiger partial charge on any atom is -0.359 e. The van der Waals surface area contributed by atoms with Crippen molar-refractivity contribution in [3.05, 3.63) is 70.4 Å². The average Bonchev–Trinajstić information content (AvgIpc) is 3.22. The second kappa shape index (κ2) is 7.58. The Hall–Kier alpha value is -2.86. The van der Waals surface area contributed by atoms with E-state index in [2.05, 4.69) is 15.2 Å². The third-order valence-corrected chi connectivity index (χ3v) is 5.12. The number of carbonyl (C=O) groups is 2. The first-order chi connectivity index (χ1) is 12.5. The third kappa shape index (κ3) is 3.70. The number of carbonyl (C=O) groups excluding carboxylic acids is 2. The van der Waals surface area contributed by atoms with Gasteiger partial charge in [0.15, 0.2) is 0 Å². The molecule has 5 nitrogen and oxygen atoms in total. The Labute approximate surface area is 156 Å². The van der Waals surface area contributed by atoms with Gasteiger partial charge in [0.2, 0.25) is 5.91 Å². The van der Waals surface area contributed by atoms with Gasteiger partial charge in [-0.05, 0) is 55.1 Å². The Morgan fingerprint density at radius 3 is 2.27 bits per heavy atom. The maximum absolute atomic E-state index is 12.7. The van der Waals surface area contributed by atoms with E-state index >= 15 is 0 Å². The Morgan fingerprint density at radius 1 is 1.00 bits per heavy atom. The van der Waals surface area contributed by atoms with Crippen LogP contribution in [0.3, 0.4) is 0 Å². The lowest BCUT2D eigenvalue weighted by molar-refractivity contribution is -0.119. The van der Waals surface area contributed by atoms with Crippen LogP contribution >= 0.6 is 11.3 Å². The van der Waals surface area contributed by atoms with Crippen molar-refractivity contribution in [1.29, 1.82) is 0 Å². The summed E-state index contributed by atoms with van der Waals surface area (Å²) in [6.07, 6.45) is 0.325. The Morgan fingerprint density at radius 2 is 1.65 bits per heavy atom. The molecule has 0 bridgehead atoms. The van der Waals surface area contributed by atoms with Crippen LogP contribution in [-0.2, 0) is 11.2 Å². The maximum atomic E-state index is 12.7. The van der Waals surface area contributed by atoms with E-state index in [-0.39, 0.29) is 11.8 Å². The standard InChI is InChI=1S/C20H21N3O2S/c1-13-4-5-14(2)23(13)20-17(10-11-26-20)19(25)22-16-8-6-15(7-9-16)12-18(24)21-3/h4-11H,12H2,1-3H3,(H,21,24)(H,22,25). The first-order valence-electron chi connectivity index (χ1n) is 8.33. The normalized spacial score (nSPS) is 10.6. The number of benzene rings is 1. The van der Waals surface area contributed by atoms with Crippen molar-refractivity contribution in [2.75, 3.05) is 12.4 Å². The minimum absolute atomic E-state index is 0.0397. The smallest absolute Gasteiger partial charge is 0.258 e. The number of aryl methyl sites for hydroxylation is 2. The largest absolute Gasteiger partial charge is 0.359 e. The summed E-state index contributed by atoms with van der Waals surface area (Å²) < 4.78 is 2.09. The van der Waals surface area contributed by atoms with E-state index in [0.717, 1.165) is 22.0 Å². The molecule has 0 aliphatic rings. The van der Waals surface area contributed by atoms with E-state index in [0.29, 0.717) is 17.7 Å². The molecule has 0 aliphatic heterocycles. The highest BCUT2D eigenvalue weighted by molar-refractivity contribution is 7.13. The fourth-order valence-corrected chi connectivity index (χ4v) is 3.83. The number of hydrogen-bond acceptors (Lipinski definition) is 3. The van der Waals surface area contributed by atoms with Gasteiger partial charge in [0.05, 0.1) is 12.0 Å². The highest BCUT2D eigenvalue weighted by atomic mass is 32.1. The van der Waals surface area contributed by atoms with Crippen molar-refractivity contribution in [2.24, 2.45) is 0 Å². The molecule has 26 heavy (non-hydrogen) atoms. The number of nitrogens with zero attached hydrogens (tertiary/aromatic N) is 1. The summed E-state index contributed by atoms with van der Waals surface area (Å²) in [4.78, 5) is 24.2. The zero-order valence-electron chi connectivity index (χ0n) is 15.0. The van der Waals surface area contributed by atoms with Gasteiger partial charge in [-0.15, -0.1) is 11.3 Å². The third-order valence-electron chi connectivity index (χ3n) is 4.22. The van der Waals surface area contributed by atoms with Gasteiger partial charge >= 0.3 is 0 Å². The van der Waals surface area contributed by atoms with Crippen molar-refractivity contribution >= 4 is 28.8 Å². The van der Waals surface area contributed by atoms with E-state index in [4.69, 9.17) is 0 Å². The Bertz CT molecular complexity index is 919. The fourth-order valence-electron chi connectivity index (χ4n) is 2.81. The van der Waals surface area contributed by atoms with E-state index in [1.807, 2.05) is 61.7 Å². The predicted molar refractivity (Wildman–Crippen MR) is 105 cm³/mol. The summed E-state index contributed by atoms with van der Waals surface area (Å²) in [5, 5.41) is 8.37. The van der Waals surface area contributed by atoms with Gasteiger partial charge in [-0.1, -0.05) is 12.1 Å². The van der Waals surface area contributed by atoms with Crippen molar-refractivity contribution < 1.29 is 9.59 Å². The van der Waals surface area contributed by atoms with Gasteiger partial charge in [-0.25, -0.2) is 0 Å². The lowest BCUT2D eigenvalue weighted by Gasteiger charge is -2.11. The summed E-state index contributed by atoms with van der Waals surface area (Å²) >= 11 is 1.54. The number of aromatic nitrogens is 1. The predicted octanol–water partition coefficient (Wildman–Crippen LogP) is 3.70. The quantitative estimate of drug-likeness (QED) is 0.722. The second-order valence-corrected chi connectivity index (χ2v) is 6.99. The molecule has 0 fully saturated rings. The molecule has 0 unspecified atom stereocenters. The molecular formula is C20H21N3O2S.